The number of hydrogen-bond acceptors (Lipinski definition) is 2. The van der Waals surface area contributed by atoms with Gasteiger partial charge in [-0.25, -0.2) is 0 Å². The molecule has 1 amide bonds. The summed E-state index contributed by atoms with van der Waals surface area (Å²) in [6, 6.07) is 8.83. The van der Waals surface area contributed by atoms with E-state index in [1.54, 1.807) is 0 Å². The Balaban J connectivity index is 1.43. The number of benzene rings is 1. The van der Waals surface area contributed by atoms with E-state index < -0.39 is 0 Å². The normalized spacial score (nSPS) is 27.1. The fourth-order valence-electron chi connectivity index (χ4n) is 3.47. The zero-order chi connectivity index (χ0) is 15.5. The van der Waals surface area contributed by atoms with Crippen LogP contribution in [0.2, 0.25) is 0 Å². The van der Waals surface area contributed by atoms with E-state index in [0.717, 1.165) is 38.4 Å². The zero-order valence-corrected chi connectivity index (χ0v) is 13.8. The highest BCUT2D eigenvalue weighted by atomic mass is 16.2. The molecule has 1 saturated heterocycles. The highest BCUT2D eigenvalue weighted by Crippen LogP contribution is 2.47. The zero-order valence-electron chi connectivity index (χ0n) is 13.8. The number of carbonyl (C=O) groups excluding carboxylic acids is 1. The van der Waals surface area contributed by atoms with Gasteiger partial charge in [0.1, 0.15) is 0 Å². The van der Waals surface area contributed by atoms with Gasteiger partial charge in [-0.2, -0.15) is 0 Å². The van der Waals surface area contributed by atoms with Gasteiger partial charge in [0.15, 0.2) is 0 Å². The fraction of sp³-hybridized carbons (Fsp3) is 0.632. The lowest BCUT2D eigenvalue weighted by Gasteiger charge is -2.09. The number of amides is 1. The second-order valence-corrected chi connectivity index (χ2v) is 7.21. The molecule has 1 saturated carbocycles. The van der Waals surface area contributed by atoms with E-state index in [-0.39, 0.29) is 11.8 Å². The molecule has 3 atom stereocenters. The summed E-state index contributed by atoms with van der Waals surface area (Å²) >= 11 is 0. The van der Waals surface area contributed by atoms with Crippen LogP contribution in [0.3, 0.4) is 0 Å². The summed E-state index contributed by atoms with van der Waals surface area (Å²) in [7, 11) is 0. The first-order valence-electron chi connectivity index (χ1n) is 8.73. The molecular weight excluding hydrogens is 272 g/mol. The first kappa shape index (κ1) is 15.5. The van der Waals surface area contributed by atoms with Crippen LogP contribution in [0.5, 0.6) is 0 Å². The number of nitrogens with one attached hydrogen (secondary N) is 2. The van der Waals surface area contributed by atoms with E-state index in [4.69, 9.17) is 0 Å². The maximum atomic E-state index is 12.2. The van der Waals surface area contributed by atoms with Crippen LogP contribution < -0.4 is 10.6 Å². The van der Waals surface area contributed by atoms with Crippen LogP contribution in [0.25, 0.3) is 0 Å². The fourth-order valence-corrected chi connectivity index (χ4v) is 3.47. The van der Waals surface area contributed by atoms with E-state index in [1.807, 2.05) is 0 Å². The Morgan fingerprint density at radius 3 is 2.73 bits per heavy atom. The van der Waals surface area contributed by atoms with Gasteiger partial charge in [0.25, 0.3) is 0 Å². The molecule has 1 aliphatic carbocycles. The lowest BCUT2D eigenvalue weighted by atomic mass is 10.00. The third kappa shape index (κ3) is 3.70. The number of rotatable bonds is 6. The lowest BCUT2D eigenvalue weighted by molar-refractivity contribution is -0.122. The van der Waals surface area contributed by atoms with E-state index in [2.05, 4.69) is 48.7 Å². The quantitative estimate of drug-likeness (QED) is 0.848. The predicted molar refractivity (Wildman–Crippen MR) is 90.0 cm³/mol. The number of hydrogen-bond donors (Lipinski definition) is 2. The van der Waals surface area contributed by atoms with Gasteiger partial charge in [-0.05, 0) is 61.2 Å². The Hall–Kier alpha value is -1.35. The summed E-state index contributed by atoms with van der Waals surface area (Å²) in [6.45, 7) is 7.50. The first-order valence-corrected chi connectivity index (χ1v) is 8.73. The standard InChI is InChI=1S/C19H28N2O/c1-13(2)15-3-5-16(6-4-15)17-11-18(17)19(22)21-10-8-14-7-9-20-12-14/h3-6,13-14,17-18,20H,7-12H2,1-2H3,(H,21,22). The molecular formula is C19H28N2O. The van der Waals surface area contributed by atoms with Gasteiger partial charge >= 0.3 is 0 Å². The summed E-state index contributed by atoms with van der Waals surface area (Å²) in [5.74, 6) is 2.21. The third-order valence-electron chi connectivity index (χ3n) is 5.17. The minimum absolute atomic E-state index is 0.201. The Labute approximate surface area is 133 Å². The summed E-state index contributed by atoms with van der Waals surface area (Å²) < 4.78 is 0. The molecule has 2 fully saturated rings. The molecule has 0 bridgehead atoms. The second-order valence-electron chi connectivity index (χ2n) is 7.21. The molecule has 3 unspecified atom stereocenters. The predicted octanol–water partition coefficient (Wildman–Crippen LogP) is 3.03. The molecule has 1 aliphatic heterocycles. The second kappa shape index (κ2) is 6.82. The SMILES string of the molecule is CC(C)c1ccc(C2CC2C(=O)NCCC2CCNC2)cc1. The molecule has 1 aromatic rings. The van der Waals surface area contributed by atoms with Crippen LogP contribution in [0.1, 0.15) is 56.1 Å². The molecule has 0 spiro atoms. The molecule has 120 valence electrons. The van der Waals surface area contributed by atoms with Crippen LogP contribution in [-0.4, -0.2) is 25.5 Å². The van der Waals surface area contributed by atoms with Crippen molar-refractivity contribution >= 4 is 5.91 Å². The molecule has 3 rings (SSSR count). The molecule has 3 nitrogen and oxygen atoms in total. The Bertz CT molecular complexity index is 503. The Morgan fingerprint density at radius 2 is 2.09 bits per heavy atom. The van der Waals surface area contributed by atoms with Crippen molar-refractivity contribution in [3.05, 3.63) is 35.4 Å². The molecule has 22 heavy (non-hydrogen) atoms. The van der Waals surface area contributed by atoms with Crippen LogP contribution in [0, 0.1) is 11.8 Å². The third-order valence-corrected chi connectivity index (χ3v) is 5.17. The van der Waals surface area contributed by atoms with Gasteiger partial charge in [-0.15, -0.1) is 0 Å². The van der Waals surface area contributed by atoms with Gasteiger partial charge in [0.05, 0.1) is 0 Å². The van der Waals surface area contributed by atoms with Crippen LogP contribution in [0.4, 0.5) is 0 Å². The maximum Gasteiger partial charge on any atom is 0.223 e. The van der Waals surface area contributed by atoms with Crippen molar-refractivity contribution in [2.24, 2.45) is 11.8 Å². The molecule has 3 heteroatoms. The average Bonchev–Trinajstić information content (AvgIpc) is 3.16. The minimum Gasteiger partial charge on any atom is -0.356 e. The largest absolute Gasteiger partial charge is 0.356 e. The first-order chi connectivity index (χ1) is 10.6. The van der Waals surface area contributed by atoms with Gasteiger partial charge in [0, 0.05) is 12.5 Å². The van der Waals surface area contributed by atoms with E-state index in [1.165, 1.54) is 17.5 Å². The van der Waals surface area contributed by atoms with Crippen molar-refractivity contribution < 1.29 is 4.79 Å². The summed E-state index contributed by atoms with van der Waals surface area (Å²) in [5.41, 5.74) is 2.69. The van der Waals surface area contributed by atoms with E-state index in [0.29, 0.717) is 11.8 Å². The summed E-state index contributed by atoms with van der Waals surface area (Å²) in [5, 5.41) is 6.51. The highest BCUT2D eigenvalue weighted by Gasteiger charge is 2.43. The van der Waals surface area contributed by atoms with Crippen LogP contribution in [0.15, 0.2) is 24.3 Å². The van der Waals surface area contributed by atoms with Crippen molar-refractivity contribution in [3.63, 3.8) is 0 Å². The molecule has 0 aromatic heterocycles. The van der Waals surface area contributed by atoms with E-state index >= 15 is 0 Å². The van der Waals surface area contributed by atoms with E-state index in [9.17, 15) is 4.79 Å². The van der Waals surface area contributed by atoms with Crippen molar-refractivity contribution in [2.45, 2.75) is 44.9 Å². The topological polar surface area (TPSA) is 41.1 Å². The van der Waals surface area contributed by atoms with Crippen molar-refractivity contribution in [3.8, 4) is 0 Å². The molecule has 1 heterocycles. The molecule has 0 radical (unpaired) electrons. The van der Waals surface area contributed by atoms with Gasteiger partial charge in [-0.1, -0.05) is 38.1 Å². The smallest absolute Gasteiger partial charge is 0.223 e. The lowest BCUT2D eigenvalue weighted by Crippen LogP contribution is -2.28. The monoisotopic (exact) mass is 300 g/mol. The average molecular weight is 300 g/mol. The van der Waals surface area contributed by atoms with Gasteiger partial charge < -0.3 is 10.6 Å². The molecule has 2 aliphatic rings. The minimum atomic E-state index is 0.201. The molecule has 1 aromatic carbocycles. The number of carbonyl (C=O) groups is 1. The van der Waals surface area contributed by atoms with Crippen molar-refractivity contribution in [1.82, 2.24) is 10.6 Å². The Kier molecular flexibility index (Phi) is 4.82. The Morgan fingerprint density at radius 1 is 1.32 bits per heavy atom. The van der Waals surface area contributed by atoms with Crippen LogP contribution >= 0.6 is 0 Å². The van der Waals surface area contributed by atoms with Crippen molar-refractivity contribution in [1.29, 1.82) is 0 Å². The van der Waals surface area contributed by atoms with Gasteiger partial charge in [-0.3, -0.25) is 4.79 Å². The van der Waals surface area contributed by atoms with Crippen molar-refractivity contribution in [2.75, 3.05) is 19.6 Å². The maximum absolute atomic E-state index is 12.2. The summed E-state index contributed by atoms with van der Waals surface area (Å²) in [4.78, 5) is 12.2. The highest BCUT2D eigenvalue weighted by molar-refractivity contribution is 5.82. The van der Waals surface area contributed by atoms with Gasteiger partial charge in [0.2, 0.25) is 5.91 Å². The molecule has 2 N–H and O–H groups in total. The van der Waals surface area contributed by atoms with Crippen LogP contribution in [-0.2, 0) is 4.79 Å². The summed E-state index contributed by atoms with van der Waals surface area (Å²) in [6.07, 6.45) is 3.38.